The minimum absolute atomic E-state index is 0.471. The summed E-state index contributed by atoms with van der Waals surface area (Å²) in [5.74, 6) is 0. The van der Waals surface area contributed by atoms with Crippen molar-refractivity contribution < 1.29 is 4.42 Å². The summed E-state index contributed by atoms with van der Waals surface area (Å²) in [4.78, 5) is 2.36. The summed E-state index contributed by atoms with van der Waals surface area (Å²) in [6.07, 6.45) is 0. The van der Waals surface area contributed by atoms with Crippen molar-refractivity contribution in [2.45, 2.75) is 5.41 Å². The van der Waals surface area contributed by atoms with E-state index < -0.39 is 5.41 Å². The first kappa shape index (κ1) is 29.3. The molecule has 0 amide bonds. The molecule has 0 N–H and O–H groups in total. The molecule has 0 saturated heterocycles. The van der Waals surface area contributed by atoms with E-state index in [2.05, 4.69) is 193 Å². The van der Waals surface area contributed by atoms with E-state index >= 15 is 0 Å². The first-order valence-electron chi connectivity index (χ1n) is 17.8. The second-order valence-corrected chi connectivity index (χ2v) is 14.7. The molecule has 0 spiro atoms. The van der Waals surface area contributed by atoms with Gasteiger partial charge in [0.15, 0.2) is 0 Å². The van der Waals surface area contributed by atoms with E-state index in [0.29, 0.717) is 0 Å². The van der Waals surface area contributed by atoms with Gasteiger partial charge in [-0.1, -0.05) is 121 Å². The number of para-hydroxylation sites is 1. The first-order valence-corrected chi connectivity index (χ1v) is 18.6. The third kappa shape index (κ3) is 4.17. The molecule has 1 aliphatic rings. The van der Waals surface area contributed by atoms with Crippen molar-refractivity contribution in [2.75, 3.05) is 4.90 Å². The fourth-order valence-corrected chi connectivity index (χ4v) is 9.80. The lowest BCUT2D eigenvalue weighted by Gasteiger charge is -2.33. The molecule has 0 radical (unpaired) electrons. The molecule has 0 unspecified atom stereocenters. The van der Waals surface area contributed by atoms with Crippen LogP contribution >= 0.6 is 11.3 Å². The van der Waals surface area contributed by atoms with Gasteiger partial charge < -0.3 is 9.32 Å². The Balaban J connectivity index is 1.15. The van der Waals surface area contributed by atoms with Gasteiger partial charge in [-0.3, -0.25) is 0 Å². The summed E-state index contributed by atoms with van der Waals surface area (Å²) in [5, 5.41) is 4.80. The summed E-state index contributed by atoms with van der Waals surface area (Å²) in [7, 11) is 0. The van der Waals surface area contributed by atoms with Crippen LogP contribution in [0.25, 0.3) is 53.2 Å². The monoisotopic (exact) mass is 681 g/mol. The number of thiophene rings is 1. The molecule has 11 rings (SSSR count). The van der Waals surface area contributed by atoms with Crippen LogP contribution in [0.15, 0.2) is 192 Å². The van der Waals surface area contributed by atoms with Crippen LogP contribution in [0.3, 0.4) is 0 Å². The molecule has 0 aliphatic heterocycles. The third-order valence-electron chi connectivity index (χ3n) is 10.9. The number of hydrogen-bond donors (Lipinski definition) is 0. The lowest BCUT2D eigenvalue weighted by atomic mass is 9.67. The number of furan rings is 1. The van der Waals surface area contributed by atoms with Crippen molar-refractivity contribution in [3.8, 4) is 11.1 Å². The molecule has 2 heterocycles. The predicted octanol–water partition coefficient (Wildman–Crippen LogP) is 13.8. The van der Waals surface area contributed by atoms with Gasteiger partial charge in [-0.2, -0.15) is 0 Å². The van der Waals surface area contributed by atoms with Gasteiger partial charge in [-0.15, -0.1) is 11.3 Å². The van der Waals surface area contributed by atoms with Gasteiger partial charge in [0.2, 0.25) is 0 Å². The van der Waals surface area contributed by atoms with Crippen molar-refractivity contribution in [1.82, 2.24) is 0 Å². The first-order chi connectivity index (χ1) is 25.8. The van der Waals surface area contributed by atoms with Gasteiger partial charge in [0, 0.05) is 48.0 Å². The summed E-state index contributed by atoms with van der Waals surface area (Å²) < 4.78 is 9.37. The Hall–Kier alpha value is -6.42. The largest absolute Gasteiger partial charge is 0.456 e. The molecule has 8 aromatic carbocycles. The van der Waals surface area contributed by atoms with E-state index in [-0.39, 0.29) is 0 Å². The topological polar surface area (TPSA) is 16.4 Å². The molecule has 0 bridgehead atoms. The van der Waals surface area contributed by atoms with E-state index in [9.17, 15) is 0 Å². The van der Waals surface area contributed by atoms with E-state index in [4.69, 9.17) is 4.42 Å². The number of nitrogens with zero attached hydrogens (tertiary/aromatic N) is 1. The van der Waals surface area contributed by atoms with Crippen molar-refractivity contribution >= 4 is 70.5 Å². The summed E-state index contributed by atoms with van der Waals surface area (Å²) in [5.41, 5.74) is 12.2. The number of anilines is 3. The predicted molar refractivity (Wildman–Crippen MR) is 219 cm³/mol. The molecule has 2 aromatic heterocycles. The Labute approximate surface area is 305 Å². The second-order valence-electron chi connectivity index (χ2n) is 13.7. The Morgan fingerprint density at radius 1 is 0.385 bits per heavy atom. The molecule has 2 nitrogen and oxygen atoms in total. The molecule has 3 heteroatoms. The molecule has 244 valence electrons. The van der Waals surface area contributed by atoms with Gasteiger partial charge in [0.25, 0.3) is 0 Å². The number of fused-ring (bicyclic) bond motifs is 9. The van der Waals surface area contributed by atoms with Crippen LogP contribution in [0, 0.1) is 0 Å². The zero-order valence-corrected chi connectivity index (χ0v) is 29.0. The SMILES string of the molecule is c1ccc(N(c2ccc3oc4cc5c(cc4c3c2)-c2ccccc2C5(c2ccccc2)c2ccccc2)c2ccc3sc4ccccc4c3c2)cc1. The van der Waals surface area contributed by atoms with Crippen LogP contribution in [0.2, 0.25) is 0 Å². The molecule has 0 fully saturated rings. The third-order valence-corrected chi connectivity index (χ3v) is 12.1. The zero-order valence-electron chi connectivity index (χ0n) is 28.2. The van der Waals surface area contributed by atoms with Gasteiger partial charge in [-0.05, 0) is 100 Å². The number of benzene rings is 8. The highest BCUT2D eigenvalue weighted by molar-refractivity contribution is 7.25. The number of hydrogen-bond acceptors (Lipinski definition) is 3. The number of rotatable bonds is 5. The second kappa shape index (κ2) is 11.3. The molecule has 52 heavy (non-hydrogen) atoms. The molecule has 10 aromatic rings. The van der Waals surface area contributed by atoms with Gasteiger partial charge in [0.1, 0.15) is 11.2 Å². The molecular formula is C49H31NOS. The maximum Gasteiger partial charge on any atom is 0.135 e. The smallest absolute Gasteiger partial charge is 0.135 e. The van der Waals surface area contributed by atoms with Crippen molar-refractivity contribution in [3.05, 3.63) is 210 Å². The standard InChI is InChI=1S/C49H31NOS/c1-4-14-32(15-5-1)49(33-16-6-2-7-17-33)43-22-12-10-20-37(43)39-30-41-40-28-35(24-26-45(40)51-46(41)31-44(39)49)50(34-18-8-3-9-19-34)36-25-27-48-42(29-36)38-21-11-13-23-47(38)52-48/h1-31H. The molecular weight excluding hydrogens is 651 g/mol. The fourth-order valence-electron chi connectivity index (χ4n) is 8.72. The van der Waals surface area contributed by atoms with Crippen molar-refractivity contribution in [1.29, 1.82) is 0 Å². The highest BCUT2D eigenvalue weighted by atomic mass is 32.1. The minimum Gasteiger partial charge on any atom is -0.456 e. The van der Waals surface area contributed by atoms with Crippen LogP contribution in [0.5, 0.6) is 0 Å². The Morgan fingerprint density at radius 3 is 1.75 bits per heavy atom. The normalized spacial score (nSPS) is 13.2. The van der Waals surface area contributed by atoms with E-state index in [0.717, 1.165) is 39.0 Å². The maximum absolute atomic E-state index is 6.77. The summed E-state index contributed by atoms with van der Waals surface area (Å²) >= 11 is 1.85. The molecule has 0 saturated carbocycles. The average molecular weight is 682 g/mol. The highest BCUT2D eigenvalue weighted by Crippen LogP contribution is 2.57. The van der Waals surface area contributed by atoms with Gasteiger partial charge >= 0.3 is 0 Å². The average Bonchev–Trinajstić information content (AvgIpc) is 3.86. The molecule has 0 atom stereocenters. The quantitative estimate of drug-likeness (QED) is 0.180. The highest BCUT2D eigenvalue weighted by Gasteiger charge is 2.46. The van der Waals surface area contributed by atoms with E-state index in [1.807, 2.05) is 11.3 Å². The van der Waals surface area contributed by atoms with Crippen LogP contribution in [-0.4, -0.2) is 0 Å². The van der Waals surface area contributed by atoms with Gasteiger partial charge in [-0.25, -0.2) is 0 Å². The molecule has 1 aliphatic carbocycles. The Morgan fingerprint density at radius 2 is 0.981 bits per heavy atom. The Bertz CT molecular complexity index is 2920. The van der Waals surface area contributed by atoms with Crippen molar-refractivity contribution in [3.63, 3.8) is 0 Å². The summed E-state index contributed by atoms with van der Waals surface area (Å²) in [6, 6.07) is 68.3. The maximum atomic E-state index is 6.77. The lowest BCUT2D eigenvalue weighted by molar-refractivity contribution is 0.666. The van der Waals surface area contributed by atoms with E-state index in [1.165, 1.54) is 53.6 Å². The Kier molecular flexibility index (Phi) is 6.37. The zero-order chi connectivity index (χ0) is 34.2. The van der Waals surface area contributed by atoms with Gasteiger partial charge in [0.05, 0.1) is 5.41 Å². The van der Waals surface area contributed by atoms with Crippen molar-refractivity contribution in [2.24, 2.45) is 0 Å². The van der Waals surface area contributed by atoms with Crippen LogP contribution < -0.4 is 4.90 Å². The van der Waals surface area contributed by atoms with Crippen LogP contribution in [0.1, 0.15) is 22.3 Å². The van der Waals surface area contributed by atoms with Crippen LogP contribution in [0.4, 0.5) is 17.1 Å². The fraction of sp³-hybridized carbons (Fsp3) is 0.0204. The lowest BCUT2D eigenvalue weighted by Crippen LogP contribution is -2.28. The van der Waals surface area contributed by atoms with Crippen LogP contribution in [-0.2, 0) is 5.41 Å². The summed E-state index contributed by atoms with van der Waals surface area (Å²) in [6.45, 7) is 0. The minimum atomic E-state index is -0.471. The van der Waals surface area contributed by atoms with E-state index in [1.54, 1.807) is 0 Å².